The molecule has 2 aromatic rings. The number of rotatable bonds is 9. The van der Waals surface area contributed by atoms with Crippen LogP contribution in [0.2, 0.25) is 0 Å². The first-order valence-electron chi connectivity index (χ1n) is 8.57. The van der Waals surface area contributed by atoms with Crippen molar-refractivity contribution in [3.63, 3.8) is 0 Å². The Morgan fingerprint density at radius 2 is 2.00 bits per heavy atom. The van der Waals surface area contributed by atoms with Gasteiger partial charge in [-0.1, -0.05) is 12.7 Å². The second-order valence-corrected chi connectivity index (χ2v) is 5.50. The van der Waals surface area contributed by atoms with Crippen LogP contribution in [0.25, 0.3) is 0 Å². The molecule has 1 aromatic carbocycles. The van der Waals surface area contributed by atoms with Crippen molar-refractivity contribution in [3.05, 3.63) is 54.7 Å². The van der Waals surface area contributed by atoms with E-state index in [0.29, 0.717) is 29.4 Å². The Hall–Kier alpha value is -3.02. The van der Waals surface area contributed by atoms with E-state index in [1.54, 1.807) is 30.5 Å². The monoisotopic (exact) mass is 355 g/mol. The van der Waals surface area contributed by atoms with Crippen LogP contribution in [0.1, 0.15) is 24.2 Å². The van der Waals surface area contributed by atoms with Crippen molar-refractivity contribution in [1.82, 2.24) is 4.98 Å². The largest absolute Gasteiger partial charge is 0.493 e. The molecule has 0 aliphatic carbocycles. The van der Waals surface area contributed by atoms with Gasteiger partial charge in [-0.05, 0) is 44.2 Å². The minimum absolute atomic E-state index is 0.240. The highest BCUT2D eigenvalue weighted by Crippen LogP contribution is 2.28. The zero-order valence-corrected chi connectivity index (χ0v) is 15.5. The highest BCUT2D eigenvalue weighted by Gasteiger charge is 2.12. The van der Waals surface area contributed by atoms with E-state index in [2.05, 4.69) is 35.6 Å². The van der Waals surface area contributed by atoms with Crippen LogP contribution in [-0.4, -0.2) is 37.7 Å². The Kier molecular flexibility index (Phi) is 7.02. The summed E-state index contributed by atoms with van der Waals surface area (Å²) in [5, 5.41) is 2.84. The number of methoxy groups -OCH3 is 1. The molecular weight excluding hydrogens is 330 g/mol. The lowest BCUT2D eigenvalue weighted by Crippen LogP contribution is -2.22. The zero-order valence-electron chi connectivity index (χ0n) is 15.5. The Balaban J connectivity index is 2.10. The number of aromatic nitrogens is 1. The smallest absolute Gasteiger partial charge is 0.255 e. The van der Waals surface area contributed by atoms with Gasteiger partial charge >= 0.3 is 0 Å². The molecule has 2 rings (SSSR count). The van der Waals surface area contributed by atoms with Crippen molar-refractivity contribution in [2.24, 2.45) is 0 Å². The first-order chi connectivity index (χ1) is 12.6. The summed E-state index contributed by atoms with van der Waals surface area (Å²) < 4.78 is 10.8. The molecule has 6 nitrogen and oxygen atoms in total. The maximum atomic E-state index is 12.5. The van der Waals surface area contributed by atoms with Crippen LogP contribution in [0.3, 0.4) is 0 Å². The second-order valence-electron chi connectivity index (χ2n) is 5.50. The number of anilines is 2. The predicted octanol–water partition coefficient (Wildman–Crippen LogP) is 3.75. The summed E-state index contributed by atoms with van der Waals surface area (Å²) in [5.74, 6) is 1.71. The molecule has 0 radical (unpaired) electrons. The fourth-order valence-corrected chi connectivity index (χ4v) is 2.47. The maximum Gasteiger partial charge on any atom is 0.255 e. The SMILES string of the molecule is C=CCOc1ccc(C(=O)Nc2ccc(N(CC)CC)nc2)cc1OC. The van der Waals surface area contributed by atoms with Gasteiger partial charge in [0, 0.05) is 18.7 Å². The third-order valence-corrected chi connectivity index (χ3v) is 3.88. The first-order valence-corrected chi connectivity index (χ1v) is 8.57. The van der Waals surface area contributed by atoms with Crippen LogP contribution in [0.5, 0.6) is 11.5 Å². The summed E-state index contributed by atoms with van der Waals surface area (Å²) in [5.41, 5.74) is 1.11. The van der Waals surface area contributed by atoms with Crippen LogP contribution in [-0.2, 0) is 0 Å². The van der Waals surface area contributed by atoms with Crippen molar-refractivity contribution in [2.75, 3.05) is 37.0 Å². The Labute approximate surface area is 154 Å². The number of hydrogen-bond acceptors (Lipinski definition) is 5. The van der Waals surface area contributed by atoms with E-state index in [-0.39, 0.29) is 5.91 Å². The van der Waals surface area contributed by atoms with Gasteiger partial charge in [-0.25, -0.2) is 4.98 Å². The van der Waals surface area contributed by atoms with Crippen molar-refractivity contribution in [2.45, 2.75) is 13.8 Å². The second kappa shape index (κ2) is 9.46. The van der Waals surface area contributed by atoms with Crippen molar-refractivity contribution >= 4 is 17.4 Å². The van der Waals surface area contributed by atoms with Crippen molar-refractivity contribution in [3.8, 4) is 11.5 Å². The van der Waals surface area contributed by atoms with Gasteiger partial charge in [0.05, 0.1) is 19.0 Å². The minimum atomic E-state index is -0.240. The van der Waals surface area contributed by atoms with E-state index in [4.69, 9.17) is 9.47 Å². The molecule has 1 aromatic heterocycles. The normalized spacial score (nSPS) is 10.1. The molecule has 0 spiro atoms. The number of ether oxygens (including phenoxy) is 2. The van der Waals surface area contributed by atoms with Gasteiger partial charge in [0.2, 0.25) is 0 Å². The van der Waals surface area contributed by atoms with E-state index in [1.165, 1.54) is 7.11 Å². The average Bonchev–Trinajstić information content (AvgIpc) is 2.68. The molecular formula is C20H25N3O3. The fraction of sp³-hybridized carbons (Fsp3) is 0.300. The predicted molar refractivity (Wildman–Crippen MR) is 104 cm³/mol. The summed E-state index contributed by atoms with van der Waals surface area (Å²) in [7, 11) is 1.54. The number of nitrogens with zero attached hydrogens (tertiary/aromatic N) is 2. The summed E-state index contributed by atoms with van der Waals surface area (Å²) in [4.78, 5) is 19.0. The quantitative estimate of drug-likeness (QED) is 0.694. The van der Waals surface area contributed by atoms with Gasteiger partial charge in [0.15, 0.2) is 11.5 Å². The van der Waals surface area contributed by atoms with E-state index in [9.17, 15) is 4.79 Å². The molecule has 0 saturated carbocycles. The molecule has 0 aliphatic heterocycles. The molecule has 0 atom stereocenters. The summed E-state index contributed by atoms with van der Waals surface area (Å²) >= 11 is 0. The Morgan fingerprint density at radius 1 is 1.23 bits per heavy atom. The molecule has 1 amide bonds. The van der Waals surface area contributed by atoms with Gasteiger partial charge in [0.25, 0.3) is 5.91 Å². The van der Waals surface area contributed by atoms with E-state index in [0.717, 1.165) is 18.9 Å². The van der Waals surface area contributed by atoms with E-state index < -0.39 is 0 Å². The van der Waals surface area contributed by atoms with Gasteiger partial charge < -0.3 is 19.7 Å². The number of pyridine rings is 1. The minimum Gasteiger partial charge on any atom is -0.493 e. The molecule has 26 heavy (non-hydrogen) atoms. The maximum absolute atomic E-state index is 12.5. The van der Waals surface area contributed by atoms with Crippen LogP contribution in [0.4, 0.5) is 11.5 Å². The number of benzene rings is 1. The Morgan fingerprint density at radius 3 is 2.58 bits per heavy atom. The first kappa shape index (κ1) is 19.3. The highest BCUT2D eigenvalue weighted by molar-refractivity contribution is 6.04. The molecule has 1 heterocycles. The summed E-state index contributed by atoms with van der Waals surface area (Å²) in [6.07, 6.45) is 3.30. The van der Waals surface area contributed by atoms with Crippen molar-refractivity contribution in [1.29, 1.82) is 0 Å². The lowest BCUT2D eigenvalue weighted by molar-refractivity contribution is 0.102. The van der Waals surface area contributed by atoms with Gasteiger partial charge in [-0.15, -0.1) is 0 Å². The van der Waals surface area contributed by atoms with E-state index in [1.807, 2.05) is 12.1 Å². The lowest BCUT2D eigenvalue weighted by Gasteiger charge is -2.19. The number of carbonyl (C=O) groups is 1. The highest BCUT2D eigenvalue weighted by atomic mass is 16.5. The number of nitrogens with one attached hydrogen (secondary N) is 1. The van der Waals surface area contributed by atoms with E-state index >= 15 is 0 Å². The Bertz CT molecular complexity index is 740. The fourth-order valence-electron chi connectivity index (χ4n) is 2.47. The number of carbonyl (C=O) groups excluding carboxylic acids is 1. The van der Waals surface area contributed by atoms with Crippen molar-refractivity contribution < 1.29 is 14.3 Å². The molecule has 0 saturated heterocycles. The number of hydrogen-bond donors (Lipinski definition) is 1. The lowest BCUT2D eigenvalue weighted by atomic mass is 10.2. The molecule has 1 N–H and O–H groups in total. The third-order valence-electron chi connectivity index (χ3n) is 3.88. The van der Waals surface area contributed by atoms with Gasteiger partial charge in [0.1, 0.15) is 12.4 Å². The molecule has 0 aliphatic rings. The molecule has 138 valence electrons. The zero-order chi connectivity index (χ0) is 18.9. The van der Waals surface area contributed by atoms with Gasteiger partial charge in [-0.2, -0.15) is 0 Å². The standard InChI is InChI=1S/C20H25N3O3/c1-5-12-26-17-10-8-15(13-18(17)25-4)20(24)22-16-9-11-19(21-14-16)23(6-2)7-3/h5,8-11,13-14H,1,6-7,12H2,2-4H3,(H,22,24). The van der Waals surface area contributed by atoms with Gasteiger partial charge in [-0.3, -0.25) is 4.79 Å². The van der Waals surface area contributed by atoms with Crippen LogP contribution >= 0.6 is 0 Å². The topological polar surface area (TPSA) is 63.7 Å². The molecule has 6 heteroatoms. The van der Waals surface area contributed by atoms with Crippen LogP contribution < -0.4 is 19.7 Å². The summed E-state index contributed by atoms with van der Waals surface area (Å²) in [6.45, 7) is 9.91. The van der Waals surface area contributed by atoms with Crippen LogP contribution in [0.15, 0.2) is 49.2 Å². The van der Waals surface area contributed by atoms with Crippen LogP contribution in [0, 0.1) is 0 Å². The number of amides is 1. The molecule has 0 fully saturated rings. The summed E-state index contributed by atoms with van der Waals surface area (Å²) in [6, 6.07) is 8.78. The molecule has 0 bridgehead atoms. The molecule has 0 unspecified atom stereocenters. The average molecular weight is 355 g/mol. The third kappa shape index (κ3) is 4.75.